The third-order valence-corrected chi connectivity index (χ3v) is 2.85. The Kier molecular flexibility index (Phi) is 19.0. The summed E-state index contributed by atoms with van der Waals surface area (Å²) >= 11 is 0. The van der Waals surface area contributed by atoms with Crippen molar-refractivity contribution in [2.24, 2.45) is 5.73 Å². The normalized spacial score (nSPS) is 9.70. The summed E-state index contributed by atoms with van der Waals surface area (Å²) in [5, 5.41) is 10.3. The second-order valence-electron chi connectivity index (χ2n) is 4.97. The Morgan fingerprint density at radius 3 is 1.70 bits per heavy atom. The molecule has 120 valence electrons. The number of carboxylic acids is 1. The maximum Gasteiger partial charge on any atom is 0.317 e. The highest BCUT2D eigenvalue weighted by atomic mass is 16.4. The van der Waals surface area contributed by atoms with Crippen molar-refractivity contribution in [2.75, 3.05) is 13.6 Å². The van der Waals surface area contributed by atoms with Gasteiger partial charge in [0, 0.05) is 6.42 Å². The van der Waals surface area contributed by atoms with Gasteiger partial charge in [-0.15, -0.1) is 0 Å². The molecule has 0 heterocycles. The van der Waals surface area contributed by atoms with Crippen LogP contribution in [0.3, 0.4) is 0 Å². The van der Waals surface area contributed by atoms with Gasteiger partial charge in [-0.2, -0.15) is 0 Å². The van der Waals surface area contributed by atoms with E-state index in [4.69, 9.17) is 10.8 Å². The molecule has 4 N–H and O–H groups in total. The lowest BCUT2D eigenvalue weighted by Gasteiger charge is -2.00. The molecule has 0 bridgehead atoms. The van der Waals surface area contributed by atoms with E-state index in [-0.39, 0.29) is 12.5 Å². The Bertz CT molecular complexity index is 233. The highest BCUT2D eigenvalue weighted by molar-refractivity contribution is 5.73. The highest BCUT2D eigenvalue weighted by Crippen LogP contribution is 2.10. The van der Waals surface area contributed by atoms with E-state index in [1.54, 1.807) is 7.05 Å². The number of aliphatic carboxylic acids is 1. The summed E-state index contributed by atoms with van der Waals surface area (Å²) in [4.78, 5) is 20.0. The number of amides is 1. The Labute approximate surface area is 123 Å². The fraction of sp³-hybridized carbons (Fsp3) is 0.867. The zero-order valence-corrected chi connectivity index (χ0v) is 13.1. The quantitative estimate of drug-likeness (QED) is 0.481. The van der Waals surface area contributed by atoms with Crippen LogP contribution in [0.25, 0.3) is 0 Å². The number of carbonyl (C=O) groups excluding carboxylic acids is 1. The number of nitrogens with one attached hydrogen (secondary N) is 1. The number of unbranched alkanes of at least 4 members (excludes halogenated alkanes) is 8. The van der Waals surface area contributed by atoms with Crippen molar-refractivity contribution in [1.82, 2.24) is 5.32 Å². The molecule has 0 aromatic rings. The van der Waals surface area contributed by atoms with Gasteiger partial charge in [-0.25, -0.2) is 0 Å². The van der Waals surface area contributed by atoms with Crippen LogP contribution < -0.4 is 11.1 Å². The van der Waals surface area contributed by atoms with E-state index in [0.717, 1.165) is 12.8 Å². The molecule has 1 amide bonds. The minimum absolute atomic E-state index is 0.0417. The van der Waals surface area contributed by atoms with Crippen LogP contribution in [0.4, 0.5) is 0 Å². The predicted octanol–water partition coefficient (Wildman–Crippen LogP) is 2.68. The standard InChI is InChI=1S/C12H25NO.C3H7NO2/c1-2-3-4-5-6-7-8-9-10-11-12(13)14;1-4-2-3(5)6/h2-11H2,1H3,(H2,13,14);4H,2H2,1H3,(H,5,6). The number of carbonyl (C=O) groups is 2. The molecule has 5 heteroatoms. The molecule has 20 heavy (non-hydrogen) atoms. The van der Waals surface area contributed by atoms with Crippen LogP contribution in [0.15, 0.2) is 0 Å². The Hall–Kier alpha value is -1.10. The summed E-state index contributed by atoms with van der Waals surface area (Å²) in [6.07, 6.45) is 12.1. The second kappa shape index (κ2) is 17.9. The van der Waals surface area contributed by atoms with E-state index in [1.807, 2.05) is 0 Å². The average molecular weight is 288 g/mol. The van der Waals surface area contributed by atoms with E-state index < -0.39 is 5.97 Å². The first-order valence-electron chi connectivity index (χ1n) is 7.69. The van der Waals surface area contributed by atoms with Crippen LogP contribution in [0.5, 0.6) is 0 Å². The van der Waals surface area contributed by atoms with E-state index >= 15 is 0 Å². The smallest absolute Gasteiger partial charge is 0.317 e. The van der Waals surface area contributed by atoms with E-state index in [1.165, 1.54) is 44.9 Å². The average Bonchev–Trinajstić information content (AvgIpc) is 2.37. The van der Waals surface area contributed by atoms with Gasteiger partial charge in [-0.3, -0.25) is 9.59 Å². The molecule has 0 aliphatic heterocycles. The van der Waals surface area contributed by atoms with Gasteiger partial charge in [-0.1, -0.05) is 58.3 Å². The van der Waals surface area contributed by atoms with E-state index in [2.05, 4.69) is 12.2 Å². The molecule has 0 radical (unpaired) electrons. The van der Waals surface area contributed by atoms with Gasteiger partial charge in [0.1, 0.15) is 0 Å². The summed E-state index contributed by atoms with van der Waals surface area (Å²) in [7, 11) is 1.59. The molecule has 0 saturated heterocycles. The fourth-order valence-corrected chi connectivity index (χ4v) is 1.76. The third kappa shape index (κ3) is 25.7. The predicted molar refractivity (Wildman–Crippen MR) is 82.6 cm³/mol. The zero-order valence-electron chi connectivity index (χ0n) is 13.1. The van der Waals surface area contributed by atoms with E-state index in [0.29, 0.717) is 6.42 Å². The SMILES string of the molecule is CCCCCCCCCCCC(N)=O.CNCC(=O)O. The van der Waals surface area contributed by atoms with Crippen molar-refractivity contribution in [1.29, 1.82) is 0 Å². The van der Waals surface area contributed by atoms with Gasteiger partial charge < -0.3 is 16.2 Å². The molecule has 0 saturated carbocycles. The molecule has 0 aromatic heterocycles. The first-order chi connectivity index (χ1) is 9.54. The largest absolute Gasteiger partial charge is 0.480 e. The van der Waals surface area contributed by atoms with Crippen LogP contribution in [0.2, 0.25) is 0 Å². The number of nitrogens with two attached hydrogens (primary N) is 1. The summed E-state index contributed by atoms with van der Waals surface area (Å²) in [5.74, 6) is -0.981. The first-order valence-corrected chi connectivity index (χ1v) is 7.69. The van der Waals surface area contributed by atoms with Crippen LogP contribution in [0.1, 0.15) is 71.1 Å². The highest BCUT2D eigenvalue weighted by Gasteiger charge is 1.94. The Balaban J connectivity index is 0. The van der Waals surface area contributed by atoms with Crippen molar-refractivity contribution < 1.29 is 14.7 Å². The van der Waals surface area contributed by atoms with Gasteiger partial charge >= 0.3 is 5.97 Å². The lowest BCUT2D eigenvalue weighted by Crippen LogP contribution is -2.16. The number of carboxylic acid groups (broad SMARTS) is 1. The molecule has 0 spiro atoms. The molecule has 0 fully saturated rings. The molecule has 0 aromatic carbocycles. The monoisotopic (exact) mass is 288 g/mol. The molecule has 0 aliphatic carbocycles. The zero-order chi connectivity index (χ0) is 15.6. The molecule has 0 atom stereocenters. The van der Waals surface area contributed by atoms with Crippen molar-refractivity contribution in [2.45, 2.75) is 71.1 Å². The summed E-state index contributed by atoms with van der Waals surface area (Å²) < 4.78 is 0. The maximum absolute atomic E-state index is 10.4. The number of hydrogen-bond acceptors (Lipinski definition) is 3. The summed E-state index contributed by atoms with van der Waals surface area (Å²) in [6, 6.07) is 0. The van der Waals surface area contributed by atoms with Crippen molar-refractivity contribution in [3.63, 3.8) is 0 Å². The van der Waals surface area contributed by atoms with Gasteiger partial charge in [-0.05, 0) is 13.5 Å². The van der Waals surface area contributed by atoms with Crippen LogP contribution >= 0.6 is 0 Å². The molecular formula is C15H32N2O3. The lowest BCUT2D eigenvalue weighted by molar-refractivity contribution is -0.135. The van der Waals surface area contributed by atoms with Crippen LogP contribution in [-0.2, 0) is 9.59 Å². The molecule has 0 unspecified atom stereocenters. The molecule has 0 aliphatic rings. The van der Waals surface area contributed by atoms with Gasteiger partial charge in [0.05, 0.1) is 6.54 Å². The molecule has 5 nitrogen and oxygen atoms in total. The third-order valence-electron chi connectivity index (χ3n) is 2.85. The Morgan fingerprint density at radius 1 is 0.950 bits per heavy atom. The first kappa shape index (κ1) is 21.2. The van der Waals surface area contributed by atoms with Crippen LogP contribution in [-0.4, -0.2) is 30.6 Å². The molecular weight excluding hydrogens is 256 g/mol. The number of primary amides is 1. The number of hydrogen-bond donors (Lipinski definition) is 3. The van der Waals surface area contributed by atoms with Crippen molar-refractivity contribution >= 4 is 11.9 Å². The van der Waals surface area contributed by atoms with Gasteiger partial charge in [0.15, 0.2) is 0 Å². The maximum atomic E-state index is 10.4. The van der Waals surface area contributed by atoms with Crippen LogP contribution in [0, 0.1) is 0 Å². The van der Waals surface area contributed by atoms with Gasteiger partial charge in [0.25, 0.3) is 0 Å². The lowest BCUT2D eigenvalue weighted by atomic mass is 10.1. The number of rotatable bonds is 12. The summed E-state index contributed by atoms with van der Waals surface area (Å²) in [5.41, 5.74) is 5.05. The molecule has 0 rings (SSSR count). The number of likely N-dealkylation sites (N-methyl/N-ethyl adjacent to an activating group) is 1. The van der Waals surface area contributed by atoms with Crippen molar-refractivity contribution in [3.8, 4) is 0 Å². The minimum Gasteiger partial charge on any atom is -0.480 e. The van der Waals surface area contributed by atoms with Gasteiger partial charge in [0.2, 0.25) is 5.91 Å². The second-order valence-corrected chi connectivity index (χ2v) is 4.97. The van der Waals surface area contributed by atoms with E-state index in [9.17, 15) is 9.59 Å². The minimum atomic E-state index is -0.822. The summed E-state index contributed by atoms with van der Waals surface area (Å²) in [6.45, 7) is 2.28. The fourth-order valence-electron chi connectivity index (χ4n) is 1.76. The Morgan fingerprint density at radius 2 is 1.40 bits per heavy atom. The van der Waals surface area contributed by atoms with Crippen molar-refractivity contribution in [3.05, 3.63) is 0 Å². The topological polar surface area (TPSA) is 92.4 Å².